The van der Waals surface area contributed by atoms with E-state index in [1.54, 1.807) is 36.7 Å². The highest BCUT2D eigenvalue weighted by Gasteiger charge is 2.16. The maximum atomic E-state index is 12.5. The summed E-state index contributed by atoms with van der Waals surface area (Å²) in [5.41, 5.74) is 1.70. The Morgan fingerprint density at radius 3 is 2.72 bits per heavy atom. The van der Waals surface area contributed by atoms with Crippen molar-refractivity contribution < 1.29 is 14.0 Å². The molecule has 0 saturated carbocycles. The fourth-order valence-corrected chi connectivity index (χ4v) is 2.68. The molecule has 0 unspecified atom stereocenters. The summed E-state index contributed by atoms with van der Waals surface area (Å²) in [6.07, 6.45) is 4.78. The first-order valence-electron chi connectivity index (χ1n) is 7.45. The highest BCUT2D eigenvalue weighted by Crippen LogP contribution is 2.20. The average Bonchev–Trinajstić information content (AvgIpc) is 3.17. The second-order valence-corrected chi connectivity index (χ2v) is 6.41. The Morgan fingerprint density at radius 1 is 1.12 bits per heavy atom. The summed E-state index contributed by atoms with van der Waals surface area (Å²) in [4.78, 5) is 28.7. The third-order valence-electron chi connectivity index (χ3n) is 3.40. The third kappa shape index (κ3) is 4.44. The molecule has 2 amide bonds. The van der Waals surface area contributed by atoms with Crippen molar-refractivity contribution in [2.75, 3.05) is 5.32 Å². The molecule has 0 aliphatic heterocycles. The molecule has 7 heteroatoms. The van der Waals surface area contributed by atoms with Crippen LogP contribution < -0.4 is 10.6 Å². The van der Waals surface area contributed by atoms with Gasteiger partial charge in [-0.2, -0.15) is 0 Å². The zero-order valence-electron chi connectivity index (χ0n) is 13.0. The van der Waals surface area contributed by atoms with Gasteiger partial charge in [0.2, 0.25) is 0 Å². The molecule has 25 heavy (non-hydrogen) atoms. The van der Waals surface area contributed by atoms with Gasteiger partial charge in [-0.05, 0) is 64.6 Å². The highest BCUT2D eigenvalue weighted by molar-refractivity contribution is 14.1. The van der Waals surface area contributed by atoms with E-state index in [1.807, 2.05) is 18.2 Å². The Morgan fingerprint density at radius 2 is 2.00 bits per heavy atom. The van der Waals surface area contributed by atoms with Crippen LogP contribution >= 0.6 is 22.6 Å². The van der Waals surface area contributed by atoms with Crippen molar-refractivity contribution in [3.05, 3.63) is 81.6 Å². The minimum atomic E-state index is -0.410. The van der Waals surface area contributed by atoms with Crippen molar-refractivity contribution >= 4 is 40.1 Å². The van der Waals surface area contributed by atoms with E-state index in [0.717, 1.165) is 9.13 Å². The van der Waals surface area contributed by atoms with Crippen molar-refractivity contribution in [2.45, 2.75) is 6.54 Å². The molecule has 2 N–H and O–H groups in total. The number of amides is 2. The lowest BCUT2D eigenvalue weighted by Gasteiger charge is -2.11. The zero-order valence-corrected chi connectivity index (χ0v) is 15.2. The number of aromatic nitrogens is 1. The Bertz CT molecular complexity index is 880. The number of benzene rings is 1. The summed E-state index contributed by atoms with van der Waals surface area (Å²) in [5.74, 6) is -0.509. The van der Waals surface area contributed by atoms with Crippen LogP contribution in [0.1, 0.15) is 26.5 Å². The first-order chi connectivity index (χ1) is 12.1. The van der Waals surface area contributed by atoms with Crippen LogP contribution in [-0.4, -0.2) is 16.8 Å². The van der Waals surface area contributed by atoms with Crippen molar-refractivity contribution in [1.82, 2.24) is 10.3 Å². The van der Waals surface area contributed by atoms with Crippen LogP contribution in [0.2, 0.25) is 0 Å². The largest absolute Gasteiger partial charge is 0.459 e. The number of anilines is 1. The van der Waals surface area contributed by atoms with E-state index in [-0.39, 0.29) is 11.7 Å². The van der Waals surface area contributed by atoms with E-state index in [1.165, 1.54) is 6.26 Å². The Balaban J connectivity index is 1.76. The van der Waals surface area contributed by atoms with Crippen LogP contribution in [0.25, 0.3) is 0 Å². The molecule has 0 aliphatic rings. The van der Waals surface area contributed by atoms with Crippen LogP contribution in [0.15, 0.2) is 65.5 Å². The molecule has 0 radical (unpaired) electrons. The molecule has 0 saturated heterocycles. The number of rotatable bonds is 5. The van der Waals surface area contributed by atoms with Gasteiger partial charge in [0.15, 0.2) is 5.76 Å². The van der Waals surface area contributed by atoms with Crippen molar-refractivity contribution in [1.29, 1.82) is 0 Å². The molecular formula is C18H14IN3O3. The van der Waals surface area contributed by atoms with Gasteiger partial charge in [0, 0.05) is 22.5 Å². The van der Waals surface area contributed by atoms with Crippen LogP contribution in [0.3, 0.4) is 0 Å². The second-order valence-electron chi connectivity index (χ2n) is 5.17. The highest BCUT2D eigenvalue weighted by atomic mass is 127. The molecule has 1 aromatic carbocycles. The van der Waals surface area contributed by atoms with Gasteiger partial charge >= 0.3 is 0 Å². The number of halogens is 1. The molecule has 0 spiro atoms. The molecule has 3 rings (SSSR count). The fourth-order valence-electron chi connectivity index (χ4n) is 2.19. The Labute approximate surface area is 157 Å². The summed E-state index contributed by atoms with van der Waals surface area (Å²) in [5, 5.41) is 5.54. The molecule has 0 bridgehead atoms. The van der Waals surface area contributed by atoms with E-state index < -0.39 is 5.91 Å². The van der Waals surface area contributed by atoms with E-state index in [9.17, 15) is 9.59 Å². The monoisotopic (exact) mass is 447 g/mol. The summed E-state index contributed by atoms with van der Waals surface area (Å²) in [6, 6.07) is 12.1. The van der Waals surface area contributed by atoms with Gasteiger partial charge in [0.05, 0.1) is 17.5 Å². The van der Waals surface area contributed by atoms with Crippen LogP contribution in [0.4, 0.5) is 5.69 Å². The number of nitrogens with zero attached hydrogens (tertiary/aromatic N) is 1. The average molecular weight is 447 g/mol. The van der Waals surface area contributed by atoms with Gasteiger partial charge in [-0.25, -0.2) is 0 Å². The lowest BCUT2D eigenvalue weighted by atomic mass is 10.1. The molecule has 2 heterocycles. The first-order valence-corrected chi connectivity index (χ1v) is 8.53. The molecule has 3 aromatic rings. The van der Waals surface area contributed by atoms with Crippen molar-refractivity contribution in [3.8, 4) is 0 Å². The van der Waals surface area contributed by atoms with Crippen LogP contribution in [0.5, 0.6) is 0 Å². The van der Waals surface area contributed by atoms with Gasteiger partial charge in [-0.1, -0.05) is 6.07 Å². The predicted molar refractivity (Wildman–Crippen MR) is 101 cm³/mol. The zero-order chi connectivity index (χ0) is 17.6. The first kappa shape index (κ1) is 17.2. The molecule has 0 fully saturated rings. The fraction of sp³-hybridized carbons (Fsp3) is 0.0556. The Kier molecular flexibility index (Phi) is 5.44. The SMILES string of the molecule is O=C(Nc1ccc(I)cc1C(=O)NCc1cccnc1)c1ccco1. The number of carbonyl (C=O) groups excluding carboxylic acids is 2. The van der Waals surface area contributed by atoms with Crippen molar-refractivity contribution in [3.63, 3.8) is 0 Å². The quantitative estimate of drug-likeness (QED) is 0.587. The summed E-state index contributed by atoms with van der Waals surface area (Å²) < 4.78 is 5.96. The predicted octanol–water partition coefficient (Wildman–Crippen LogP) is 3.46. The minimum Gasteiger partial charge on any atom is -0.459 e. The van der Waals surface area contributed by atoms with Crippen LogP contribution in [0, 0.1) is 3.57 Å². The summed E-state index contributed by atoms with van der Waals surface area (Å²) >= 11 is 2.12. The molecule has 0 aliphatic carbocycles. The van der Waals surface area contributed by atoms with Gasteiger partial charge in [-0.15, -0.1) is 0 Å². The summed E-state index contributed by atoms with van der Waals surface area (Å²) in [7, 11) is 0. The molecule has 126 valence electrons. The lowest BCUT2D eigenvalue weighted by molar-refractivity contribution is 0.0951. The lowest BCUT2D eigenvalue weighted by Crippen LogP contribution is -2.25. The van der Waals surface area contributed by atoms with E-state index in [0.29, 0.717) is 17.8 Å². The number of pyridine rings is 1. The molecular weight excluding hydrogens is 433 g/mol. The van der Waals surface area contributed by atoms with Gasteiger partial charge in [0.25, 0.3) is 11.8 Å². The smallest absolute Gasteiger partial charge is 0.291 e. The van der Waals surface area contributed by atoms with E-state index >= 15 is 0 Å². The van der Waals surface area contributed by atoms with E-state index in [4.69, 9.17) is 4.42 Å². The maximum absolute atomic E-state index is 12.5. The van der Waals surface area contributed by atoms with Crippen LogP contribution in [-0.2, 0) is 6.54 Å². The van der Waals surface area contributed by atoms with Gasteiger partial charge in [-0.3, -0.25) is 14.6 Å². The van der Waals surface area contributed by atoms with Gasteiger partial charge in [0.1, 0.15) is 0 Å². The summed E-state index contributed by atoms with van der Waals surface area (Å²) in [6.45, 7) is 0.351. The van der Waals surface area contributed by atoms with E-state index in [2.05, 4.69) is 38.2 Å². The maximum Gasteiger partial charge on any atom is 0.291 e. The van der Waals surface area contributed by atoms with Gasteiger partial charge < -0.3 is 15.1 Å². The molecule has 2 aromatic heterocycles. The number of carbonyl (C=O) groups is 2. The molecule has 0 atom stereocenters. The standard InChI is InChI=1S/C18H14IN3O3/c19-13-5-6-15(22-18(24)16-4-2-8-25-16)14(9-13)17(23)21-11-12-3-1-7-20-10-12/h1-10H,11H2,(H,21,23)(H,22,24). The van der Waals surface area contributed by atoms with Crippen molar-refractivity contribution in [2.24, 2.45) is 0 Å². The minimum absolute atomic E-state index is 0.181. The number of hydrogen-bond donors (Lipinski definition) is 2. The second kappa shape index (κ2) is 7.93. The third-order valence-corrected chi connectivity index (χ3v) is 4.07. The Hall–Kier alpha value is -2.68. The number of furan rings is 1. The normalized spacial score (nSPS) is 10.3. The topological polar surface area (TPSA) is 84.2 Å². The molecule has 6 nitrogen and oxygen atoms in total. The number of nitrogens with one attached hydrogen (secondary N) is 2. The number of hydrogen-bond acceptors (Lipinski definition) is 4.